The Balaban J connectivity index is 2.31. The summed E-state index contributed by atoms with van der Waals surface area (Å²) < 4.78 is 11.0. The molecule has 0 aromatic carbocycles. The standard InChI is InChI=1S/C13H23N3O2/c1-11(2,12(3,4)14)10-15-9(16-18-10)13(17-5)7-6-8-13/h6-8,14H2,1-5H3. The minimum atomic E-state index is -0.434. The monoisotopic (exact) mass is 253 g/mol. The van der Waals surface area contributed by atoms with Crippen molar-refractivity contribution in [2.45, 2.75) is 63.5 Å². The number of hydrogen-bond donors (Lipinski definition) is 1. The van der Waals surface area contributed by atoms with Crippen molar-refractivity contribution in [2.75, 3.05) is 7.11 Å². The first-order valence-electron chi connectivity index (χ1n) is 6.42. The maximum atomic E-state index is 6.18. The maximum absolute atomic E-state index is 6.18. The molecule has 0 spiro atoms. The molecule has 102 valence electrons. The molecule has 1 aromatic heterocycles. The Morgan fingerprint density at radius 1 is 1.28 bits per heavy atom. The third-order valence-electron chi connectivity index (χ3n) is 4.53. The lowest BCUT2D eigenvalue weighted by Crippen LogP contribution is -2.50. The quantitative estimate of drug-likeness (QED) is 0.889. The molecule has 1 aliphatic carbocycles. The van der Waals surface area contributed by atoms with E-state index >= 15 is 0 Å². The molecular weight excluding hydrogens is 230 g/mol. The summed E-state index contributed by atoms with van der Waals surface area (Å²) in [5, 5.41) is 4.09. The van der Waals surface area contributed by atoms with Gasteiger partial charge in [0.25, 0.3) is 0 Å². The Bertz CT molecular complexity index is 422. The Labute approximate surface area is 108 Å². The van der Waals surface area contributed by atoms with Gasteiger partial charge in [0.2, 0.25) is 11.7 Å². The van der Waals surface area contributed by atoms with Gasteiger partial charge in [-0.3, -0.25) is 0 Å². The fourth-order valence-electron chi connectivity index (χ4n) is 1.95. The molecule has 5 heteroatoms. The van der Waals surface area contributed by atoms with Crippen LogP contribution in [0.1, 0.15) is 58.7 Å². The van der Waals surface area contributed by atoms with Crippen molar-refractivity contribution in [3.63, 3.8) is 0 Å². The minimum absolute atomic E-state index is 0.337. The van der Waals surface area contributed by atoms with E-state index in [1.807, 2.05) is 27.7 Å². The van der Waals surface area contributed by atoms with Gasteiger partial charge in [-0.1, -0.05) is 5.16 Å². The van der Waals surface area contributed by atoms with Gasteiger partial charge in [0, 0.05) is 12.6 Å². The fraction of sp³-hybridized carbons (Fsp3) is 0.846. The molecule has 0 amide bonds. The van der Waals surface area contributed by atoms with Gasteiger partial charge in [-0.05, 0) is 47.0 Å². The number of aromatic nitrogens is 2. The maximum Gasteiger partial charge on any atom is 0.234 e. The van der Waals surface area contributed by atoms with E-state index in [2.05, 4.69) is 10.1 Å². The van der Waals surface area contributed by atoms with Gasteiger partial charge in [-0.15, -0.1) is 0 Å². The Hall–Kier alpha value is -0.940. The normalized spacial score (nSPS) is 19.7. The molecule has 0 bridgehead atoms. The van der Waals surface area contributed by atoms with E-state index in [0.717, 1.165) is 19.3 Å². The molecule has 1 saturated carbocycles. The zero-order valence-electron chi connectivity index (χ0n) is 11.9. The van der Waals surface area contributed by atoms with Crippen molar-refractivity contribution in [1.29, 1.82) is 0 Å². The highest BCUT2D eigenvalue weighted by Gasteiger charge is 2.46. The molecule has 0 unspecified atom stereocenters. The summed E-state index contributed by atoms with van der Waals surface area (Å²) in [7, 11) is 1.70. The lowest BCUT2D eigenvalue weighted by Gasteiger charge is -2.37. The summed E-state index contributed by atoms with van der Waals surface area (Å²) in [6.45, 7) is 7.97. The number of methoxy groups -OCH3 is 1. The van der Waals surface area contributed by atoms with E-state index in [4.69, 9.17) is 15.0 Å². The molecule has 2 N–H and O–H groups in total. The predicted molar refractivity (Wildman–Crippen MR) is 68.1 cm³/mol. The zero-order chi connectivity index (χ0) is 13.6. The van der Waals surface area contributed by atoms with Crippen molar-refractivity contribution >= 4 is 0 Å². The molecule has 1 fully saturated rings. The van der Waals surface area contributed by atoms with Crippen LogP contribution in [-0.4, -0.2) is 22.8 Å². The van der Waals surface area contributed by atoms with Gasteiger partial charge in [0.05, 0.1) is 5.41 Å². The number of nitrogens with zero attached hydrogens (tertiary/aromatic N) is 2. The molecule has 0 radical (unpaired) electrons. The number of ether oxygens (including phenoxy) is 1. The highest BCUT2D eigenvalue weighted by Crippen LogP contribution is 2.43. The average molecular weight is 253 g/mol. The first-order chi connectivity index (χ1) is 8.23. The van der Waals surface area contributed by atoms with Gasteiger partial charge < -0.3 is 15.0 Å². The van der Waals surface area contributed by atoms with Crippen LogP contribution in [0.3, 0.4) is 0 Å². The second-order valence-corrected chi connectivity index (χ2v) is 6.32. The lowest BCUT2D eigenvalue weighted by atomic mass is 9.75. The molecule has 1 heterocycles. The van der Waals surface area contributed by atoms with E-state index in [9.17, 15) is 0 Å². The topological polar surface area (TPSA) is 74.2 Å². The van der Waals surface area contributed by atoms with Crippen LogP contribution < -0.4 is 5.73 Å². The van der Waals surface area contributed by atoms with Crippen molar-refractivity contribution in [1.82, 2.24) is 10.1 Å². The third kappa shape index (κ3) is 1.86. The Morgan fingerprint density at radius 3 is 2.28 bits per heavy atom. The van der Waals surface area contributed by atoms with Crippen LogP contribution >= 0.6 is 0 Å². The second kappa shape index (κ2) is 4.03. The molecule has 2 rings (SSSR count). The summed E-state index contributed by atoms with van der Waals surface area (Å²) in [5.74, 6) is 1.23. The van der Waals surface area contributed by atoms with Gasteiger partial charge in [0.1, 0.15) is 5.60 Å². The van der Waals surface area contributed by atoms with Crippen molar-refractivity contribution < 1.29 is 9.26 Å². The van der Waals surface area contributed by atoms with E-state index in [1.165, 1.54) is 0 Å². The highest BCUT2D eigenvalue weighted by atomic mass is 16.5. The second-order valence-electron chi connectivity index (χ2n) is 6.32. The van der Waals surface area contributed by atoms with Crippen LogP contribution in [0.5, 0.6) is 0 Å². The van der Waals surface area contributed by atoms with Crippen LogP contribution in [0, 0.1) is 0 Å². The molecule has 0 atom stereocenters. The summed E-state index contributed by atoms with van der Waals surface area (Å²) in [6.07, 6.45) is 3.05. The van der Waals surface area contributed by atoms with E-state index in [1.54, 1.807) is 7.11 Å². The number of nitrogens with two attached hydrogens (primary N) is 1. The van der Waals surface area contributed by atoms with E-state index < -0.39 is 5.54 Å². The van der Waals surface area contributed by atoms with Crippen LogP contribution in [-0.2, 0) is 15.8 Å². The summed E-state index contributed by atoms with van der Waals surface area (Å²) in [6, 6.07) is 0. The van der Waals surface area contributed by atoms with Gasteiger partial charge in [-0.25, -0.2) is 0 Å². The summed E-state index contributed by atoms with van der Waals surface area (Å²) >= 11 is 0. The molecule has 5 nitrogen and oxygen atoms in total. The molecule has 18 heavy (non-hydrogen) atoms. The Kier molecular flexibility index (Phi) is 3.02. The van der Waals surface area contributed by atoms with Crippen LogP contribution in [0.4, 0.5) is 0 Å². The fourth-order valence-corrected chi connectivity index (χ4v) is 1.95. The van der Waals surface area contributed by atoms with Crippen LogP contribution in [0.25, 0.3) is 0 Å². The largest absolute Gasteiger partial charge is 0.370 e. The molecular formula is C13H23N3O2. The van der Waals surface area contributed by atoms with Gasteiger partial charge in [-0.2, -0.15) is 4.98 Å². The number of hydrogen-bond acceptors (Lipinski definition) is 5. The van der Waals surface area contributed by atoms with Gasteiger partial charge >= 0.3 is 0 Å². The van der Waals surface area contributed by atoms with Crippen molar-refractivity contribution in [3.05, 3.63) is 11.7 Å². The van der Waals surface area contributed by atoms with Gasteiger partial charge in [0.15, 0.2) is 0 Å². The summed E-state index contributed by atoms with van der Waals surface area (Å²) in [5.41, 5.74) is 5.03. The smallest absolute Gasteiger partial charge is 0.234 e. The first kappa shape index (κ1) is 13.5. The molecule has 0 saturated heterocycles. The summed E-state index contributed by atoms with van der Waals surface area (Å²) in [4.78, 5) is 4.53. The predicted octanol–water partition coefficient (Wildman–Crippen LogP) is 2.11. The highest BCUT2D eigenvalue weighted by molar-refractivity contribution is 5.14. The third-order valence-corrected chi connectivity index (χ3v) is 4.53. The van der Waals surface area contributed by atoms with Crippen LogP contribution in [0.2, 0.25) is 0 Å². The molecule has 0 aliphatic heterocycles. The first-order valence-corrected chi connectivity index (χ1v) is 6.42. The van der Waals surface area contributed by atoms with E-state index in [0.29, 0.717) is 11.7 Å². The number of rotatable bonds is 4. The van der Waals surface area contributed by atoms with Crippen molar-refractivity contribution in [2.24, 2.45) is 5.73 Å². The lowest BCUT2D eigenvalue weighted by molar-refractivity contribution is -0.0858. The van der Waals surface area contributed by atoms with Crippen molar-refractivity contribution in [3.8, 4) is 0 Å². The molecule has 1 aromatic rings. The zero-order valence-corrected chi connectivity index (χ0v) is 11.9. The average Bonchev–Trinajstić information content (AvgIpc) is 2.65. The minimum Gasteiger partial charge on any atom is -0.370 e. The SMILES string of the molecule is COC1(c2noc(C(C)(C)C(C)(C)N)n2)CCC1. The Morgan fingerprint density at radius 2 is 1.89 bits per heavy atom. The van der Waals surface area contributed by atoms with Crippen LogP contribution in [0.15, 0.2) is 4.52 Å². The van der Waals surface area contributed by atoms with E-state index in [-0.39, 0.29) is 11.0 Å². The molecule has 1 aliphatic rings.